The summed E-state index contributed by atoms with van der Waals surface area (Å²) in [5.74, 6) is 1.49. The molecule has 5 heteroatoms. The summed E-state index contributed by atoms with van der Waals surface area (Å²) in [7, 11) is 0. The maximum atomic E-state index is 11.0. The van der Waals surface area contributed by atoms with Crippen LogP contribution in [0.1, 0.15) is 16.7 Å². The van der Waals surface area contributed by atoms with Crippen LogP contribution in [-0.2, 0) is 5.88 Å². The predicted octanol–water partition coefficient (Wildman–Crippen LogP) is 4.74. The Morgan fingerprint density at radius 2 is 1.95 bits per heavy atom. The molecule has 0 radical (unpaired) electrons. The highest BCUT2D eigenvalue weighted by Gasteiger charge is 2.15. The predicted molar refractivity (Wildman–Crippen MR) is 78.6 cm³/mol. The van der Waals surface area contributed by atoms with E-state index in [0.717, 1.165) is 11.1 Å². The molecular formula is C15H14ClNO3. The van der Waals surface area contributed by atoms with Crippen molar-refractivity contribution in [2.75, 3.05) is 0 Å². The van der Waals surface area contributed by atoms with Gasteiger partial charge in [-0.15, -0.1) is 11.6 Å². The molecule has 0 aromatic heterocycles. The van der Waals surface area contributed by atoms with E-state index in [4.69, 9.17) is 16.3 Å². The minimum Gasteiger partial charge on any atom is -0.457 e. The van der Waals surface area contributed by atoms with Crippen LogP contribution in [0.3, 0.4) is 0 Å². The van der Waals surface area contributed by atoms with Gasteiger partial charge in [-0.1, -0.05) is 12.1 Å². The van der Waals surface area contributed by atoms with Gasteiger partial charge in [0.1, 0.15) is 11.5 Å². The third-order valence-corrected chi connectivity index (χ3v) is 3.28. The van der Waals surface area contributed by atoms with Crippen molar-refractivity contribution >= 4 is 17.3 Å². The number of alkyl halides is 1. The van der Waals surface area contributed by atoms with Crippen LogP contribution in [0.25, 0.3) is 0 Å². The summed E-state index contributed by atoms with van der Waals surface area (Å²) < 4.78 is 5.73. The molecule has 0 bridgehead atoms. The number of nitro groups is 1. The fourth-order valence-electron chi connectivity index (χ4n) is 1.95. The first-order chi connectivity index (χ1) is 9.51. The van der Waals surface area contributed by atoms with Gasteiger partial charge < -0.3 is 4.74 Å². The molecule has 0 heterocycles. The third-order valence-electron chi connectivity index (χ3n) is 2.97. The number of nitrogens with zero attached hydrogens (tertiary/aromatic N) is 1. The molecule has 0 fully saturated rings. The lowest BCUT2D eigenvalue weighted by molar-refractivity contribution is -0.385. The highest BCUT2D eigenvalue weighted by molar-refractivity contribution is 6.17. The second-order valence-corrected chi connectivity index (χ2v) is 4.81. The smallest absolute Gasteiger partial charge is 0.276 e. The summed E-state index contributed by atoms with van der Waals surface area (Å²) in [4.78, 5) is 10.6. The van der Waals surface area contributed by atoms with Gasteiger partial charge in [-0.25, -0.2) is 0 Å². The largest absolute Gasteiger partial charge is 0.457 e. The van der Waals surface area contributed by atoms with Gasteiger partial charge in [0.15, 0.2) is 0 Å². The van der Waals surface area contributed by atoms with E-state index in [1.807, 2.05) is 25.1 Å². The van der Waals surface area contributed by atoms with E-state index in [2.05, 4.69) is 0 Å². The van der Waals surface area contributed by atoms with Gasteiger partial charge in [0.25, 0.3) is 5.69 Å². The van der Waals surface area contributed by atoms with Crippen LogP contribution in [0.4, 0.5) is 5.69 Å². The second-order valence-electron chi connectivity index (χ2n) is 4.54. The fourth-order valence-corrected chi connectivity index (χ4v) is 2.11. The maximum absolute atomic E-state index is 11.0. The molecule has 0 aliphatic carbocycles. The lowest BCUT2D eigenvalue weighted by Crippen LogP contribution is -1.95. The minimum absolute atomic E-state index is 0.0547. The quantitative estimate of drug-likeness (QED) is 0.464. The molecule has 0 spiro atoms. The summed E-state index contributed by atoms with van der Waals surface area (Å²) in [6.45, 7) is 3.57. The van der Waals surface area contributed by atoms with E-state index < -0.39 is 4.92 Å². The molecule has 4 nitrogen and oxygen atoms in total. The van der Waals surface area contributed by atoms with Gasteiger partial charge >= 0.3 is 0 Å². The first kappa shape index (κ1) is 14.3. The number of hydrogen-bond acceptors (Lipinski definition) is 3. The molecule has 0 amide bonds. The number of halogens is 1. The fraction of sp³-hybridized carbons (Fsp3) is 0.200. The average molecular weight is 292 g/mol. The van der Waals surface area contributed by atoms with Crippen LogP contribution in [-0.4, -0.2) is 4.92 Å². The minimum atomic E-state index is -0.406. The van der Waals surface area contributed by atoms with Crippen molar-refractivity contribution in [3.8, 4) is 11.5 Å². The lowest BCUT2D eigenvalue weighted by atomic mass is 10.1. The second kappa shape index (κ2) is 5.92. The zero-order valence-corrected chi connectivity index (χ0v) is 12.0. The number of nitro benzene ring substituents is 1. The van der Waals surface area contributed by atoms with E-state index in [1.165, 1.54) is 6.07 Å². The Morgan fingerprint density at radius 3 is 2.60 bits per heavy atom. The molecule has 2 aromatic rings. The number of rotatable bonds is 4. The Hall–Kier alpha value is -2.07. The Morgan fingerprint density at radius 1 is 1.20 bits per heavy atom. The molecule has 104 valence electrons. The van der Waals surface area contributed by atoms with Crippen LogP contribution in [0.5, 0.6) is 11.5 Å². The van der Waals surface area contributed by atoms with Gasteiger partial charge in [-0.2, -0.15) is 0 Å². The molecule has 0 saturated heterocycles. The number of benzene rings is 2. The zero-order chi connectivity index (χ0) is 14.7. The van der Waals surface area contributed by atoms with Crippen molar-refractivity contribution in [1.82, 2.24) is 0 Å². The van der Waals surface area contributed by atoms with Crippen LogP contribution in [0, 0.1) is 24.0 Å². The Bertz CT molecular complexity index is 656. The van der Waals surface area contributed by atoms with Gasteiger partial charge in [-0.05, 0) is 43.2 Å². The van der Waals surface area contributed by atoms with Crippen LogP contribution >= 0.6 is 11.6 Å². The van der Waals surface area contributed by atoms with E-state index in [0.29, 0.717) is 22.9 Å². The summed E-state index contributed by atoms with van der Waals surface area (Å²) >= 11 is 5.78. The summed E-state index contributed by atoms with van der Waals surface area (Å²) in [5.41, 5.74) is 2.46. The average Bonchev–Trinajstić information content (AvgIpc) is 2.41. The monoisotopic (exact) mass is 291 g/mol. The maximum Gasteiger partial charge on any atom is 0.276 e. The third kappa shape index (κ3) is 3.08. The lowest BCUT2D eigenvalue weighted by Gasteiger charge is -2.10. The summed E-state index contributed by atoms with van der Waals surface area (Å²) in [5, 5.41) is 11.0. The van der Waals surface area contributed by atoms with Gasteiger partial charge in [0, 0.05) is 11.4 Å². The summed E-state index contributed by atoms with van der Waals surface area (Å²) in [6, 6.07) is 10.5. The van der Waals surface area contributed by atoms with E-state index in [1.54, 1.807) is 19.1 Å². The van der Waals surface area contributed by atoms with Crippen molar-refractivity contribution in [2.24, 2.45) is 0 Å². The van der Waals surface area contributed by atoms with E-state index in [-0.39, 0.29) is 5.69 Å². The zero-order valence-electron chi connectivity index (χ0n) is 11.2. The molecule has 0 atom stereocenters. The number of aryl methyl sites for hydroxylation is 2. The molecule has 0 aliphatic heterocycles. The summed E-state index contributed by atoms with van der Waals surface area (Å²) in [6.07, 6.45) is 0. The van der Waals surface area contributed by atoms with Gasteiger partial charge in [0.05, 0.1) is 11.0 Å². The highest BCUT2D eigenvalue weighted by atomic mass is 35.5. The number of ether oxygens (including phenoxy) is 1. The molecular weight excluding hydrogens is 278 g/mol. The molecule has 0 unspecified atom stereocenters. The van der Waals surface area contributed by atoms with Gasteiger partial charge in [-0.3, -0.25) is 10.1 Å². The normalized spacial score (nSPS) is 10.3. The van der Waals surface area contributed by atoms with Crippen molar-refractivity contribution in [3.05, 3.63) is 63.2 Å². The Balaban J connectivity index is 2.37. The van der Waals surface area contributed by atoms with Crippen molar-refractivity contribution in [2.45, 2.75) is 19.7 Å². The van der Waals surface area contributed by atoms with E-state index in [9.17, 15) is 10.1 Å². The Kier molecular flexibility index (Phi) is 4.25. The SMILES string of the molecule is Cc1cc(C)c([N+](=O)[O-])cc1Oc1cccc(CCl)c1. The standard InChI is InChI=1S/C15H14ClNO3/c1-10-6-11(2)15(8-14(10)17(18)19)20-13-5-3-4-12(7-13)9-16/h3-8H,9H2,1-2H3. The highest BCUT2D eigenvalue weighted by Crippen LogP contribution is 2.31. The molecule has 0 aliphatic rings. The Labute approximate surface area is 122 Å². The van der Waals surface area contributed by atoms with Crippen LogP contribution in [0.2, 0.25) is 0 Å². The topological polar surface area (TPSA) is 52.4 Å². The molecule has 2 aromatic carbocycles. The van der Waals surface area contributed by atoms with Crippen molar-refractivity contribution in [3.63, 3.8) is 0 Å². The number of hydrogen-bond donors (Lipinski definition) is 0. The molecule has 0 saturated carbocycles. The van der Waals surface area contributed by atoms with Crippen molar-refractivity contribution < 1.29 is 9.66 Å². The first-order valence-corrected chi connectivity index (χ1v) is 6.63. The molecule has 20 heavy (non-hydrogen) atoms. The van der Waals surface area contributed by atoms with Crippen LogP contribution in [0.15, 0.2) is 36.4 Å². The van der Waals surface area contributed by atoms with Gasteiger partial charge in [0.2, 0.25) is 0 Å². The molecule has 2 rings (SSSR count). The first-order valence-electron chi connectivity index (χ1n) is 6.09. The van der Waals surface area contributed by atoms with E-state index >= 15 is 0 Å². The molecule has 0 N–H and O–H groups in total. The van der Waals surface area contributed by atoms with Crippen LogP contribution < -0.4 is 4.74 Å². The van der Waals surface area contributed by atoms with Crippen molar-refractivity contribution in [1.29, 1.82) is 0 Å².